The molecule has 114 valence electrons. The van der Waals surface area contributed by atoms with Gasteiger partial charge in [-0.3, -0.25) is 20.2 Å². The second-order valence-corrected chi connectivity index (χ2v) is 4.81. The third kappa shape index (κ3) is 3.58. The van der Waals surface area contributed by atoms with Gasteiger partial charge in [-0.2, -0.15) is 0 Å². The number of rotatable bonds is 6. The standard InChI is InChI=1S/C12H9N2O7P/c15-13(16)9-5-1-3-7-11(9)20-22(19)21-12-8-4-2-6-10(12)14(17)18/h1-8,22H. The summed E-state index contributed by atoms with van der Waals surface area (Å²) in [6.45, 7) is 0. The van der Waals surface area contributed by atoms with Crippen molar-refractivity contribution in [3.05, 3.63) is 68.8 Å². The van der Waals surface area contributed by atoms with Gasteiger partial charge in [0.15, 0.2) is 0 Å². The van der Waals surface area contributed by atoms with Crippen LogP contribution in [0.15, 0.2) is 48.5 Å². The van der Waals surface area contributed by atoms with Crippen LogP contribution in [0.3, 0.4) is 0 Å². The van der Waals surface area contributed by atoms with E-state index in [1.165, 1.54) is 48.5 Å². The van der Waals surface area contributed by atoms with E-state index >= 15 is 0 Å². The molecule has 0 amide bonds. The molecule has 2 aromatic rings. The molecule has 10 heteroatoms. The number of nitrogens with zero attached hydrogens (tertiary/aromatic N) is 2. The molecule has 22 heavy (non-hydrogen) atoms. The van der Waals surface area contributed by atoms with E-state index < -0.39 is 18.1 Å². The summed E-state index contributed by atoms with van der Waals surface area (Å²) in [4.78, 5) is 20.2. The monoisotopic (exact) mass is 324 g/mol. The second-order valence-electron chi connectivity index (χ2n) is 3.90. The van der Waals surface area contributed by atoms with Crippen LogP contribution in [0.2, 0.25) is 0 Å². The van der Waals surface area contributed by atoms with Crippen LogP contribution >= 0.6 is 8.25 Å². The van der Waals surface area contributed by atoms with Gasteiger partial charge in [-0.15, -0.1) is 0 Å². The maximum absolute atomic E-state index is 11.8. The molecule has 0 radical (unpaired) electrons. The van der Waals surface area contributed by atoms with E-state index in [1.54, 1.807) is 0 Å². The Labute approximate surface area is 124 Å². The van der Waals surface area contributed by atoms with Crippen LogP contribution in [0, 0.1) is 20.2 Å². The Morgan fingerprint density at radius 2 is 1.14 bits per heavy atom. The largest absolute Gasteiger partial charge is 0.419 e. The summed E-state index contributed by atoms with van der Waals surface area (Å²) in [6.07, 6.45) is 0. The van der Waals surface area contributed by atoms with Gasteiger partial charge in [-0.05, 0) is 12.1 Å². The van der Waals surface area contributed by atoms with E-state index in [9.17, 15) is 24.8 Å². The van der Waals surface area contributed by atoms with Crippen molar-refractivity contribution in [2.24, 2.45) is 0 Å². The fourth-order valence-electron chi connectivity index (χ4n) is 1.59. The Morgan fingerprint density at radius 3 is 1.50 bits per heavy atom. The maximum Gasteiger partial charge on any atom is 0.419 e. The van der Waals surface area contributed by atoms with Crippen LogP contribution < -0.4 is 9.05 Å². The number of benzene rings is 2. The van der Waals surface area contributed by atoms with Gasteiger partial charge in [0.05, 0.1) is 9.85 Å². The quantitative estimate of drug-likeness (QED) is 0.453. The molecule has 9 nitrogen and oxygen atoms in total. The summed E-state index contributed by atoms with van der Waals surface area (Å²) in [6, 6.07) is 10.6. The highest BCUT2D eigenvalue weighted by atomic mass is 31.1. The van der Waals surface area contributed by atoms with Crippen LogP contribution in [0.1, 0.15) is 0 Å². The van der Waals surface area contributed by atoms with E-state index in [-0.39, 0.29) is 22.9 Å². The molecule has 0 aliphatic heterocycles. The van der Waals surface area contributed by atoms with Crippen LogP contribution in [-0.2, 0) is 4.57 Å². The molecule has 0 aromatic heterocycles. The molecule has 2 aromatic carbocycles. The highest BCUT2D eigenvalue weighted by Crippen LogP contribution is 2.38. The molecule has 0 N–H and O–H groups in total. The molecular weight excluding hydrogens is 315 g/mol. The molecule has 0 aliphatic rings. The van der Waals surface area contributed by atoms with Gasteiger partial charge < -0.3 is 9.05 Å². The Kier molecular flexibility index (Phi) is 4.70. The smallest absolute Gasteiger partial charge is 0.411 e. The zero-order valence-corrected chi connectivity index (χ0v) is 11.9. The number of hydrogen-bond acceptors (Lipinski definition) is 7. The minimum atomic E-state index is -3.26. The Hall–Kier alpha value is -2.93. The van der Waals surface area contributed by atoms with E-state index in [2.05, 4.69) is 0 Å². The number of nitro benzene ring substituents is 2. The van der Waals surface area contributed by atoms with Crippen LogP contribution in [0.25, 0.3) is 0 Å². The van der Waals surface area contributed by atoms with E-state index in [4.69, 9.17) is 9.05 Å². The summed E-state index contributed by atoms with van der Waals surface area (Å²) >= 11 is 0. The van der Waals surface area contributed by atoms with Crippen molar-refractivity contribution in [2.75, 3.05) is 0 Å². The predicted octanol–water partition coefficient (Wildman–Crippen LogP) is 3.35. The fraction of sp³-hybridized carbons (Fsp3) is 0. The first-order valence-corrected chi connectivity index (χ1v) is 7.08. The lowest BCUT2D eigenvalue weighted by atomic mass is 10.3. The van der Waals surface area contributed by atoms with E-state index in [0.29, 0.717) is 0 Å². The van der Waals surface area contributed by atoms with Gasteiger partial charge in [-0.25, -0.2) is 4.57 Å². The van der Waals surface area contributed by atoms with Crippen molar-refractivity contribution in [3.63, 3.8) is 0 Å². The Morgan fingerprint density at radius 1 is 0.773 bits per heavy atom. The first-order valence-electron chi connectivity index (χ1n) is 5.85. The van der Waals surface area contributed by atoms with Gasteiger partial charge in [0, 0.05) is 12.1 Å². The minimum Gasteiger partial charge on any atom is -0.411 e. The molecule has 0 heterocycles. The van der Waals surface area contributed by atoms with Gasteiger partial charge >= 0.3 is 19.6 Å². The van der Waals surface area contributed by atoms with Crippen LogP contribution in [-0.4, -0.2) is 9.85 Å². The van der Waals surface area contributed by atoms with Gasteiger partial charge in [0.25, 0.3) is 0 Å². The fourth-order valence-corrected chi connectivity index (χ4v) is 2.34. The lowest BCUT2D eigenvalue weighted by molar-refractivity contribution is -0.385. The number of para-hydroxylation sites is 4. The molecule has 0 saturated carbocycles. The molecular formula is C12H9N2O7P. The molecule has 2 rings (SSSR count). The number of hydrogen-bond donors (Lipinski definition) is 0. The van der Waals surface area contributed by atoms with E-state index in [0.717, 1.165) is 0 Å². The van der Waals surface area contributed by atoms with Crippen molar-refractivity contribution in [3.8, 4) is 11.5 Å². The van der Waals surface area contributed by atoms with Gasteiger partial charge in [0.2, 0.25) is 11.5 Å². The Bertz CT molecular complexity index is 688. The topological polar surface area (TPSA) is 122 Å². The SMILES string of the molecule is O=[N+]([O-])c1ccccc1O[PH](=O)Oc1ccccc1[N+](=O)[O-]. The van der Waals surface area contributed by atoms with E-state index in [1.807, 2.05) is 0 Å². The molecule has 0 atom stereocenters. The van der Waals surface area contributed by atoms with Crippen molar-refractivity contribution in [1.29, 1.82) is 0 Å². The molecule has 0 aliphatic carbocycles. The molecule has 0 saturated heterocycles. The average Bonchev–Trinajstić information content (AvgIpc) is 2.47. The second kappa shape index (κ2) is 6.68. The maximum atomic E-state index is 11.8. The zero-order valence-electron chi connectivity index (χ0n) is 10.9. The minimum absolute atomic E-state index is 0.241. The third-order valence-electron chi connectivity index (χ3n) is 2.51. The van der Waals surface area contributed by atoms with Crippen molar-refractivity contribution in [1.82, 2.24) is 0 Å². The number of nitro groups is 2. The molecule has 0 spiro atoms. The highest BCUT2D eigenvalue weighted by molar-refractivity contribution is 7.34. The normalized spacial score (nSPS) is 10.2. The van der Waals surface area contributed by atoms with Gasteiger partial charge in [0.1, 0.15) is 0 Å². The molecule has 0 unspecified atom stereocenters. The van der Waals surface area contributed by atoms with Crippen LogP contribution in [0.4, 0.5) is 11.4 Å². The first-order chi connectivity index (χ1) is 10.5. The zero-order chi connectivity index (χ0) is 16.1. The Balaban J connectivity index is 2.18. The summed E-state index contributed by atoms with van der Waals surface area (Å²) in [7, 11) is -3.26. The lowest BCUT2D eigenvalue weighted by Crippen LogP contribution is -1.96. The molecule has 0 fully saturated rings. The summed E-state index contributed by atoms with van der Waals surface area (Å²) in [5, 5.41) is 21.6. The summed E-state index contributed by atoms with van der Waals surface area (Å²) in [5.74, 6) is -0.482. The average molecular weight is 324 g/mol. The summed E-state index contributed by atoms with van der Waals surface area (Å²) < 4.78 is 21.6. The first kappa shape index (κ1) is 15.5. The molecule has 0 bridgehead atoms. The lowest BCUT2D eigenvalue weighted by Gasteiger charge is -2.08. The van der Waals surface area contributed by atoms with Crippen molar-refractivity contribution >= 4 is 19.6 Å². The van der Waals surface area contributed by atoms with Gasteiger partial charge in [-0.1, -0.05) is 24.3 Å². The highest BCUT2D eigenvalue weighted by Gasteiger charge is 2.20. The van der Waals surface area contributed by atoms with Crippen molar-refractivity contribution in [2.45, 2.75) is 0 Å². The summed E-state index contributed by atoms with van der Waals surface area (Å²) in [5.41, 5.74) is -0.765. The predicted molar refractivity (Wildman–Crippen MR) is 76.5 cm³/mol. The van der Waals surface area contributed by atoms with Crippen LogP contribution in [0.5, 0.6) is 11.5 Å². The third-order valence-corrected chi connectivity index (χ3v) is 3.28. The van der Waals surface area contributed by atoms with Crippen molar-refractivity contribution < 1.29 is 23.5 Å².